The second-order valence-corrected chi connectivity index (χ2v) is 7.57. The number of piperidine rings is 1. The minimum absolute atomic E-state index is 0.102. The van der Waals surface area contributed by atoms with Crippen molar-refractivity contribution in [3.63, 3.8) is 0 Å². The zero-order valence-electron chi connectivity index (χ0n) is 17.6. The van der Waals surface area contributed by atoms with Gasteiger partial charge in [0.1, 0.15) is 12.1 Å². The quantitative estimate of drug-likeness (QED) is 0.583. The van der Waals surface area contributed by atoms with E-state index in [4.69, 9.17) is 4.42 Å². The van der Waals surface area contributed by atoms with Gasteiger partial charge in [0.15, 0.2) is 0 Å². The Bertz CT molecular complexity index is 1040. The Labute approximate surface area is 180 Å². The Morgan fingerprint density at radius 1 is 1.26 bits per heavy atom. The van der Waals surface area contributed by atoms with Crippen LogP contribution >= 0.6 is 0 Å². The third-order valence-corrected chi connectivity index (χ3v) is 5.60. The summed E-state index contributed by atoms with van der Waals surface area (Å²) < 4.78 is 11.7. The third kappa shape index (κ3) is 4.66. The molecule has 1 amide bonds. The molecule has 9 nitrogen and oxygen atoms in total. The van der Waals surface area contributed by atoms with E-state index >= 15 is 0 Å². The van der Waals surface area contributed by atoms with E-state index in [-0.39, 0.29) is 17.8 Å². The number of likely N-dealkylation sites (tertiary alicyclic amines) is 1. The van der Waals surface area contributed by atoms with Gasteiger partial charge in [-0.2, -0.15) is 0 Å². The van der Waals surface area contributed by atoms with Gasteiger partial charge in [0.05, 0.1) is 19.3 Å². The summed E-state index contributed by atoms with van der Waals surface area (Å²) in [5, 5.41) is 0. The van der Waals surface area contributed by atoms with Crippen molar-refractivity contribution in [1.82, 2.24) is 24.3 Å². The molecular weight excluding hydrogens is 398 g/mol. The predicted octanol–water partition coefficient (Wildman–Crippen LogP) is 2.89. The van der Waals surface area contributed by atoms with Gasteiger partial charge in [-0.3, -0.25) is 14.5 Å². The fourth-order valence-electron chi connectivity index (χ4n) is 3.79. The van der Waals surface area contributed by atoms with Gasteiger partial charge < -0.3 is 14.1 Å². The van der Waals surface area contributed by atoms with E-state index in [0.29, 0.717) is 6.54 Å². The molecule has 0 atom stereocenters. The Hall–Kier alpha value is -3.46. The lowest BCUT2D eigenvalue weighted by molar-refractivity contribution is 0.0560. The molecule has 0 unspecified atom stereocenters. The molecule has 162 valence electrons. The Morgan fingerprint density at radius 3 is 2.77 bits per heavy atom. The van der Waals surface area contributed by atoms with E-state index in [1.807, 2.05) is 19.2 Å². The number of imidazole rings is 1. The molecule has 9 heteroatoms. The van der Waals surface area contributed by atoms with Gasteiger partial charge >= 0.3 is 12.0 Å². The average molecular weight is 423 g/mol. The van der Waals surface area contributed by atoms with Crippen molar-refractivity contribution in [3.8, 4) is 11.3 Å². The molecule has 1 aliphatic rings. The lowest BCUT2D eigenvalue weighted by Crippen LogP contribution is -2.46. The van der Waals surface area contributed by atoms with Crippen LogP contribution in [0.1, 0.15) is 29.2 Å². The topological polar surface area (TPSA) is 93.7 Å². The molecule has 4 heterocycles. The molecule has 31 heavy (non-hydrogen) atoms. The van der Waals surface area contributed by atoms with Gasteiger partial charge in [0.25, 0.3) is 0 Å². The van der Waals surface area contributed by atoms with Gasteiger partial charge in [0, 0.05) is 50.3 Å². The van der Waals surface area contributed by atoms with Crippen molar-refractivity contribution in [3.05, 3.63) is 60.7 Å². The minimum Gasteiger partial charge on any atom is -0.463 e. The molecule has 0 saturated carbocycles. The second-order valence-electron chi connectivity index (χ2n) is 7.57. The first-order valence-corrected chi connectivity index (χ1v) is 10.2. The zero-order chi connectivity index (χ0) is 21.8. The number of hydrogen-bond acceptors (Lipinski definition) is 7. The SMILES string of the molecule is COC(=O)c1ccc(CN2CCC(N(C)C(=O)n3cnc(-c4cccnc4)c3)CC2)o1. The summed E-state index contributed by atoms with van der Waals surface area (Å²) >= 11 is 0. The van der Waals surface area contributed by atoms with Crippen LogP contribution in [0.4, 0.5) is 4.79 Å². The number of furan rings is 1. The van der Waals surface area contributed by atoms with Crippen LogP contribution in [0.15, 0.2) is 53.6 Å². The highest BCUT2D eigenvalue weighted by molar-refractivity contribution is 5.86. The largest absolute Gasteiger partial charge is 0.463 e. The summed E-state index contributed by atoms with van der Waals surface area (Å²) in [6.45, 7) is 2.29. The highest BCUT2D eigenvalue weighted by Crippen LogP contribution is 2.21. The molecule has 0 N–H and O–H groups in total. The maximum Gasteiger partial charge on any atom is 0.373 e. The van der Waals surface area contributed by atoms with Crippen molar-refractivity contribution in [1.29, 1.82) is 0 Å². The number of methoxy groups -OCH3 is 1. The van der Waals surface area contributed by atoms with Gasteiger partial charge in [0.2, 0.25) is 5.76 Å². The highest BCUT2D eigenvalue weighted by atomic mass is 16.5. The van der Waals surface area contributed by atoms with E-state index in [1.54, 1.807) is 42.0 Å². The van der Waals surface area contributed by atoms with Gasteiger partial charge in [-0.05, 0) is 37.1 Å². The lowest BCUT2D eigenvalue weighted by atomic mass is 10.0. The van der Waals surface area contributed by atoms with Crippen LogP contribution in [0, 0.1) is 0 Å². The average Bonchev–Trinajstić information content (AvgIpc) is 3.49. The molecule has 1 saturated heterocycles. The van der Waals surface area contributed by atoms with Crippen LogP contribution in [0.25, 0.3) is 11.3 Å². The normalized spacial score (nSPS) is 15.0. The molecule has 0 radical (unpaired) electrons. The zero-order valence-corrected chi connectivity index (χ0v) is 17.6. The summed E-state index contributed by atoms with van der Waals surface area (Å²) in [6, 6.07) is 7.23. The molecule has 0 aromatic carbocycles. The number of nitrogens with zero attached hydrogens (tertiary/aromatic N) is 5. The number of pyridine rings is 1. The standard InChI is InChI=1S/C22H25N5O4/c1-25(22(29)27-14-19(24-15-27)16-4-3-9-23-12-16)17-7-10-26(11-8-17)13-18-5-6-20(31-18)21(28)30-2/h3-6,9,12,14-15,17H,7-8,10-11,13H2,1-2H3. The Kier molecular flexibility index (Phi) is 6.13. The second kappa shape index (κ2) is 9.13. The fourth-order valence-corrected chi connectivity index (χ4v) is 3.79. The van der Waals surface area contributed by atoms with Gasteiger partial charge in [-0.25, -0.2) is 14.6 Å². The fraction of sp³-hybridized carbons (Fsp3) is 0.364. The summed E-state index contributed by atoms with van der Waals surface area (Å²) in [6.07, 6.45) is 8.43. The molecule has 3 aromatic heterocycles. The number of carbonyl (C=O) groups excluding carboxylic acids is 2. The van der Waals surface area contributed by atoms with Crippen molar-refractivity contribution >= 4 is 12.0 Å². The number of esters is 1. The van der Waals surface area contributed by atoms with Crippen molar-refractivity contribution in [2.75, 3.05) is 27.2 Å². The van der Waals surface area contributed by atoms with E-state index in [9.17, 15) is 9.59 Å². The number of aromatic nitrogens is 3. The summed E-state index contributed by atoms with van der Waals surface area (Å²) in [5.41, 5.74) is 1.59. The van der Waals surface area contributed by atoms with Gasteiger partial charge in [-0.1, -0.05) is 0 Å². The lowest BCUT2D eigenvalue weighted by Gasteiger charge is -2.36. The summed E-state index contributed by atoms with van der Waals surface area (Å²) in [4.78, 5) is 36.9. The third-order valence-electron chi connectivity index (χ3n) is 5.60. The van der Waals surface area contributed by atoms with Crippen LogP contribution in [0.5, 0.6) is 0 Å². The number of ether oxygens (including phenoxy) is 1. The summed E-state index contributed by atoms with van der Waals surface area (Å²) in [5.74, 6) is 0.463. The monoisotopic (exact) mass is 423 g/mol. The van der Waals surface area contributed by atoms with E-state index in [1.165, 1.54) is 11.7 Å². The van der Waals surface area contributed by atoms with Crippen LogP contribution in [0.2, 0.25) is 0 Å². The summed E-state index contributed by atoms with van der Waals surface area (Å²) in [7, 11) is 3.16. The predicted molar refractivity (Wildman–Crippen MR) is 112 cm³/mol. The molecule has 1 aliphatic heterocycles. The maximum atomic E-state index is 12.9. The van der Waals surface area contributed by atoms with Crippen molar-refractivity contribution in [2.45, 2.75) is 25.4 Å². The number of amides is 1. The molecule has 3 aromatic rings. The van der Waals surface area contributed by atoms with Gasteiger partial charge in [-0.15, -0.1) is 0 Å². The van der Waals surface area contributed by atoms with Crippen molar-refractivity contribution in [2.24, 2.45) is 0 Å². The first kappa shape index (κ1) is 20.8. The van der Waals surface area contributed by atoms with Crippen LogP contribution in [-0.2, 0) is 11.3 Å². The molecule has 1 fully saturated rings. The Balaban J connectivity index is 1.31. The molecule has 0 aliphatic carbocycles. The Morgan fingerprint density at radius 2 is 2.06 bits per heavy atom. The number of carbonyl (C=O) groups is 2. The number of hydrogen-bond donors (Lipinski definition) is 0. The van der Waals surface area contributed by atoms with E-state index in [2.05, 4.69) is 19.6 Å². The molecule has 0 spiro atoms. The molecule has 0 bridgehead atoms. The first-order chi connectivity index (χ1) is 15.0. The molecule has 4 rings (SSSR count). The smallest absolute Gasteiger partial charge is 0.373 e. The van der Waals surface area contributed by atoms with Crippen molar-refractivity contribution < 1.29 is 18.7 Å². The van der Waals surface area contributed by atoms with Crippen LogP contribution in [-0.4, -0.2) is 69.6 Å². The first-order valence-electron chi connectivity index (χ1n) is 10.2. The van der Waals surface area contributed by atoms with E-state index in [0.717, 1.165) is 42.9 Å². The molecular formula is C22H25N5O4. The van der Waals surface area contributed by atoms with Crippen LogP contribution < -0.4 is 0 Å². The highest BCUT2D eigenvalue weighted by Gasteiger charge is 2.27. The van der Waals surface area contributed by atoms with E-state index < -0.39 is 5.97 Å². The van der Waals surface area contributed by atoms with Crippen LogP contribution in [0.3, 0.4) is 0 Å². The maximum absolute atomic E-state index is 12.9. The number of rotatable bonds is 5. The minimum atomic E-state index is -0.476.